The zero-order valence-corrected chi connectivity index (χ0v) is 27.1. The lowest BCUT2D eigenvalue weighted by Gasteiger charge is -2.43. The maximum absolute atomic E-state index is 12.8. The molecule has 0 bridgehead atoms. The molecule has 212 valence electrons. The molecule has 1 saturated heterocycles. The van der Waals surface area contributed by atoms with Gasteiger partial charge in [-0.1, -0.05) is 60.1 Å². The summed E-state index contributed by atoms with van der Waals surface area (Å²) in [6.45, 7) is 23.4. The van der Waals surface area contributed by atoms with Crippen LogP contribution in [0.3, 0.4) is 0 Å². The van der Waals surface area contributed by atoms with Gasteiger partial charge in [-0.05, 0) is 42.7 Å². The summed E-state index contributed by atoms with van der Waals surface area (Å²) >= 11 is 0. The summed E-state index contributed by atoms with van der Waals surface area (Å²) in [4.78, 5) is 0. The summed E-state index contributed by atoms with van der Waals surface area (Å²) in [7, 11) is -8.75. The van der Waals surface area contributed by atoms with Crippen molar-refractivity contribution >= 4 is 26.8 Å². The molecule has 0 aromatic carbocycles. The molecule has 2 aliphatic heterocycles. The van der Waals surface area contributed by atoms with Gasteiger partial charge < -0.3 is 19.3 Å². The smallest absolute Gasteiger partial charge is 0.292 e. The fourth-order valence-electron chi connectivity index (χ4n) is 4.01. The molecule has 1 aromatic rings. The van der Waals surface area contributed by atoms with Crippen LogP contribution in [0.4, 0.5) is 0 Å². The van der Waals surface area contributed by atoms with Crippen LogP contribution in [-0.2, 0) is 34.3 Å². The van der Waals surface area contributed by atoms with E-state index in [9.17, 15) is 8.42 Å². The number of rotatable bonds is 8. The Kier molecular flexibility index (Phi) is 8.08. The second-order valence-corrected chi connectivity index (χ2v) is 24.2. The zero-order chi connectivity index (χ0) is 28.2. The fraction of sp³-hybridized carbons (Fsp3) is 0.833. The molecule has 0 saturated carbocycles. The Bertz CT molecular complexity index is 1120. The van der Waals surface area contributed by atoms with Gasteiger partial charge in [-0.15, -0.1) is 5.10 Å². The first-order valence-corrected chi connectivity index (χ1v) is 20.3. The van der Waals surface area contributed by atoms with E-state index >= 15 is 0 Å². The third-order valence-corrected chi connectivity index (χ3v) is 18.4. The Hall–Kier alpha value is -1.10. The van der Waals surface area contributed by atoms with Gasteiger partial charge in [-0.3, -0.25) is 0 Å². The van der Waals surface area contributed by atoms with E-state index in [0.717, 1.165) is 23.9 Å². The number of aromatic nitrogens is 3. The third-order valence-electron chi connectivity index (χ3n) is 8.39. The van der Waals surface area contributed by atoms with Gasteiger partial charge >= 0.3 is 0 Å². The van der Waals surface area contributed by atoms with Gasteiger partial charge in [-0.2, -0.15) is 8.42 Å². The standard InChI is InChI=1S/C24H46N4O6SSi2/c1-12-13-17-14-28(27-26-17)21-20(33-37(10,11)23(5,6)7)24(18(25)16-35(29,30)34-24)19(32-21)15-31-36(8,9)22(2,3)4/h14,16,19-21H,12-13,15,25H2,1-11H3. The van der Waals surface area contributed by atoms with Crippen LogP contribution in [0.1, 0.15) is 66.8 Å². The second-order valence-electron chi connectivity index (χ2n) is 13.3. The predicted octanol–water partition coefficient (Wildman–Crippen LogP) is 4.44. The van der Waals surface area contributed by atoms with Crippen molar-refractivity contribution < 1.29 is 26.2 Å². The molecule has 1 spiro atoms. The van der Waals surface area contributed by atoms with Crippen molar-refractivity contribution in [3.05, 3.63) is 23.0 Å². The average Bonchev–Trinajstić information content (AvgIpc) is 3.35. The summed E-state index contributed by atoms with van der Waals surface area (Å²) in [5.74, 6) is 0. The zero-order valence-electron chi connectivity index (χ0n) is 24.3. The van der Waals surface area contributed by atoms with Crippen LogP contribution in [0.5, 0.6) is 0 Å². The maximum atomic E-state index is 12.8. The van der Waals surface area contributed by atoms with E-state index in [1.807, 2.05) is 6.20 Å². The SMILES string of the molecule is CCCc1cn(C2OC(CO[Si](C)(C)C(C)(C)C)C3(OS(=O)(=O)C=C3N)C2O[Si](C)(C)C(C)(C)C)nn1. The molecule has 3 rings (SSSR count). The first-order valence-electron chi connectivity index (χ1n) is 13.0. The van der Waals surface area contributed by atoms with Crippen LogP contribution in [0.25, 0.3) is 0 Å². The van der Waals surface area contributed by atoms with E-state index in [0.29, 0.717) is 0 Å². The number of hydrogen-bond acceptors (Lipinski definition) is 9. The Morgan fingerprint density at radius 3 is 2.19 bits per heavy atom. The summed E-state index contributed by atoms with van der Waals surface area (Å²) < 4.78 is 53.1. The normalized spacial score (nSPS) is 28.7. The van der Waals surface area contributed by atoms with Gasteiger partial charge in [0.1, 0.15) is 12.2 Å². The minimum absolute atomic E-state index is 0.0523. The minimum Gasteiger partial charge on any atom is -0.414 e. The van der Waals surface area contributed by atoms with Gasteiger partial charge in [0.15, 0.2) is 28.5 Å². The van der Waals surface area contributed by atoms with Gasteiger partial charge in [0.2, 0.25) is 0 Å². The molecule has 13 heteroatoms. The fourth-order valence-corrected chi connectivity index (χ4v) is 7.52. The van der Waals surface area contributed by atoms with E-state index in [4.69, 9.17) is 23.5 Å². The van der Waals surface area contributed by atoms with E-state index in [1.165, 1.54) is 0 Å². The van der Waals surface area contributed by atoms with Crippen LogP contribution in [0.2, 0.25) is 36.3 Å². The second kappa shape index (κ2) is 9.82. The van der Waals surface area contributed by atoms with Crippen LogP contribution in [0.15, 0.2) is 17.3 Å². The topological polar surface area (TPSA) is 128 Å². The number of nitrogens with two attached hydrogens (primary N) is 1. The van der Waals surface area contributed by atoms with Crippen molar-refractivity contribution in [2.24, 2.45) is 5.73 Å². The van der Waals surface area contributed by atoms with Crippen molar-refractivity contribution in [3.8, 4) is 0 Å². The Labute approximate surface area is 224 Å². The highest BCUT2D eigenvalue weighted by Crippen LogP contribution is 2.52. The van der Waals surface area contributed by atoms with E-state index in [2.05, 4.69) is 85.0 Å². The molecule has 2 aliphatic rings. The van der Waals surface area contributed by atoms with Gasteiger partial charge in [0.25, 0.3) is 10.1 Å². The highest BCUT2D eigenvalue weighted by molar-refractivity contribution is 7.90. The Morgan fingerprint density at radius 1 is 1.11 bits per heavy atom. The largest absolute Gasteiger partial charge is 0.414 e. The Morgan fingerprint density at radius 2 is 1.70 bits per heavy atom. The average molecular weight is 575 g/mol. The monoisotopic (exact) mass is 574 g/mol. The molecular weight excluding hydrogens is 529 g/mol. The highest BCUT2D eigenvalue weighted by Gasteiger charge is 2.67. The molecule has 1 aromatic heterocycles. The van der Waals surface area contributed by atoms with Crippen LogP contribution < -0.4 is 5.73 Å². The number of hydrogen-bond donors (Lipinski definition) is 1. The van der Waals surface area contributed by atoms with E-state index in [1.54, 1.807) is 4.68 Å². The van der Waals surface area contributed by atoms with E-state index in [-0.39, 0.29) is 22.4 Å². The molecule has 4 atom stereocenters. The number of ether oxygens (including phenoxy) is 1. The molecule has 10 nitrogen and oxygen atoms in total. The molecule has 3 heterocycles. The highest BCUT2D eigenvalue weighted by atomic mass is 32.2. The predicted molar refractivity (Wildman–Crippen MR) is 148 cm³/mol. The molecule has 1 fully saturated rings. The first kappa shape index (κ1) is 30.4. The van der Waals surface area contributed by atoms with Crippen molar-refractivity contribution in [1.29, 1.82) is 0 Å². The van der Waals surface area contributed by atoms with Crippen molar-refractivity contribution in [2.45, 2.75) is 122 Å². The molecule has 0 amide bonds. The lowest BCUT2D eigenvalue weighted by Crippen LogP contribution is -2.59. The van der Waals surface area contributed by atoms with Crippen molar-refractivity contribution in [2.75, 3.05) is 6.61 Å². The summed E-state index contributed by atoms with van der Waals surface area (Å²) in [5, 5.41) is 9.39. The summed E-state index contributed by atoms with van der Waals surface area (Å²) in [6.07, 6.45) is 0.971. The molecule has 37 heavy (non-hydrogen) atoms. The van der Waals surface area contributed by atoms with E-state index < -0.39 is 50.8 Å². The molecular formula is C24H46N4O6SSi2. The lowest BCUT2D eigenvalue weighted by molar-refractivity contribution is -0.0595. The number of nitrogens with zero attached hydrogens (tertiary/aromatic N) is 3. The van der Waals surface area contributed by atoms with Crippen LogP contribution in [0, 0.1) is 0 Å². The lowest BCUT2D eigenvalue weighted by atomic mass is 9.89. The molecule has 0 aliphatic carbocycles. The van der Waals surface area contributed by atoms with Gasteiger partial charge in [-0.25, -0.2) is 8.86 Å². The quantitative estimate of drug-likeness (QED) is 0.354. The first-order chi connectivity index (χ1) is 16.7. The minimum atomic E-state index is -4.06. The molecule has 4 unspecified atom stereocenters. The summed E-state index contributed by atoms with van der Waals surface area (Å²) in [6, 6.07) is 0. The maximum Gasteiger partial charge on any atom is 0.292 e. The van der Waals surface area contributed by atoms with Crippen LogP contribution >= 0.6 is 0 Å². The van der Waals surface area contributed by atoms with Crippen LogP contribution in [-0.4, -0.2) is 64.5 Å². The summed E-state index contributed by atoms with van der Waals surface area (Å²) in [5.41, 5.74) is 5.78. The Balaban J connectivity index is 2.13. The molecule has 0 radical (unpaired) electrons. The molecule has 2 N–H and O–H groups in total. The van der Waals surface area contributed by atoms with Crippen molar-refractivity contribution in [1.82, 2.24) is 15.0 Å². The van der Waals surface area contributed by atoms with Crippen molar-refractivity contribution in [3.63, 3.8) is 0 Å². The number of aryl methyl sites for hydroxylation is 1. The van der Waals surface area contributed by atoms with Gasteiger partial charge in [0.05, 0.1) is 29.6 Å². The van der Waals surface area contributed by atoms with Gasteiger partial charge in [0, 0.05) is 0 Å². The third kappa shape index (κ3) is 5.77.